The summed E-state index contributed by atoms with van der Waals surface area (Å²) in [6.07, 6.45) is 4.59. The van der Waals surface area contributed by atoms with Crippen LogP contribution in [0.1, 0.15) is 60.3 Å². The van der Waals surface area contributed by atoms with E-state index in [-0.39, 0.29) is 11.3 Å². The van der Waals surface area contributed by atoms with E-state index < -0.39 is 0 Å². The van der Waals surface area contributed by atoms with Gasteiger partial charge in [-0.15, -0.1) is 0 Å². The zero-order chi connectivity index (χ0) is 11.6. The van der Waals surface area contributed by atoms with Crippen LogP contribution in [0.5, 0.6) is 0 Å². The van der Waals surface area contributed by atoms with Crippen LogP contribution in [-0.2, 0) is 4.79 Å². The van der Waals surface area contributed by atoms with E-state index in [1.165, 1.54) is 6.42 Å². The molecule has 0 spiro atoms. The van der Waals surface area contributed by atoms with Gasteiger partial charge in [-0.1, -0.05) is 41.0 Å². The fraction of sp³-hybridized carbons (Fsp3) is 0.929. The number of hydrogen-bond donors (Lipinski definition) is 0. The smallest absolute Gasteiger partial charge is 0.139 e. The number of carbonyl (C=O) groups excluding carboxylic acids is 1. The second-order valence-corrected chi connectivity index (χ2v) is 6.65. The molecule has 1 heteroatoms. The minimum atomic E-state index is 0.272. The van der Waals surface area contributed by atoms with Crippen molar-refractivity contribution >= 4 is 5.78 Å². The van der Waals surface area contributed by atoms with E-state index in [1.807, 2.05) is 0 Å². The molecule has 1 nitrogen and oxygen atoms in total. The Morgan fingerprint density at radius 3 is 2.07 bits per heavy atom. The van der Waals surface area contributed by atoms with Crippen LogP contribution < -0.4 is 0 Å². The summed E-state index contributed by atoms with van der Waals surface area (Å²) in [5, 5.41) is 0. The Labute approximate surface area is 94.6 Å². The molecule has 15 heavy (non-hydrogen) atoms. The van der Waals surface area contributed by atoms with Gasteiger partial charge in [0, 0.05) is 11.8 Å². The topological polar surface area (TPSA) is 17.1 Å². The summed E-state index contributed by atoms with van der Waals surface area (Å²) in [7, 11) is 0. The van der Waals surface area contributed by atoms with Crippen LogP contribution in [0.2, 0.25) is 0 Å². The molecule has 0 radical (unpaired) electrons. The average Bonchev–Trinajstić information content (AvgIpc) is 1.94. The van der Waals surface area contributed by atoms with E-state index in [9.17, 15) is 4.79 Å². The molecule has 0 amide bonds. The molecule has 1 aliphatic rings. The highest BCUT2D eigenvalue weighted by molar-refractivity contribution is 5.84. The highest BCUT2D eigenvalue weighted by Crippen LogP contribution is 2.36. The lowest BCUT2D eigenvalue weighted by Gasteiger charge is -2.33. The number of Topliss-reactive ketones (excluding diaryl/α,β-unsaturated/α-hetero) is 1. The largest absolute Gasteiger partial charge is 0.299 e. The molecule has 1 rings (SSSR count). The SMILES string of the molecule is CC(C)C(CC(C)(C)C)C(=O)C1CCC1. The highest BCUT2D eigenvalue weighted by atomic mass is 16.1. The Morgan fingerprint density at radius 2 is 1.80 bits per heavy atom. The van der Waals surface area contributed by atoms with Crippen molar-refractivity contribution in [2.45, 2.75) is 60.3 Å². The van der Waals surface area contributed by atoms with Gasteiger partial charge in [-0.05, 0) is 30.6 Å². The second kappa shape index (κ2) is 4.67. The van der Waals surface area contributed by atoms with Gasteiger partial charge in [0.1, 0.15) is 5.78 Å². The van der Waals surface area contributed by atoms with Gasteiger partial charge in [0.2, 0.25) is 0 Å². The third-order valence-corrected chi connectivity index (χ3v) is 3.51. The van der Waals surface area contributed by atoms with Crippen molar-refractivity contribution < 1.29 is 4.79 Å². The van der Waals surface area contributed by atoms with E-state index in [4.69, 9.17) is 0 Å². The maximum Gasteiger partial charge on any atom is 0.139 e. The standard InChI is InChI=1S/C14H26O/c1-10(2)12(9-14(3,4)5)13(15)11-7-6-8-11/h10-12H,6-9H2,1-5H3. The van der Waals surface area contributed by atoms with Crippen LogP contribution >= 0.6 is 0 Å². The van der Waals surface area contributed by atoms with E-state index in [2.05, 4.69) is 34.6 Å². The molecule has 0 N–H and O–H groups in total. The van der Waals surface area contributed by atoms with Crippen molar-refractivity contribution in [3.05, 3.63) is 0 Å². The first-order valence-corrected chi connectivity index (χ1v) is 6.35. The third-order valence-electron chi connectivity index (χ3n) is 3.51. The molecule has 0 aromatic carbocycles. The normalized spacial score (nSPS) is 20.1. The zero-order valence-electron chi connectivity index (χ0n) is 11.0. The number of hydrogen-bond acceptors (Lipinski definition) is 1. The molecule has 0 saturated heterocycles. The second-order valence-electron chi connectivity index (χ2n) is 6.65. The van der Waals surface area contributed by atoms with Crippen molar-refractivity contribution in [2.24, 2.45) is 23.2 Å². The number of ketones is 1. The van der Waals surface area contributed by atoms with E-state index in [0.717, 1.165) is 19.3 Å². The number of carbonyl (C=O) groups is 1. The molecule has 1 atom stereocenters. The first-order chi connectivity index (χ1) is 6.81. The van der Waals surface area contributed by atoms with Gasteiger partial charge in [-0.25, -0.2) is 0 Å². The van der Waals surface area contributed by atoms with Gasteiger partial charge in [0.15, 0.2) is 0 Å². The van der Waals surface area contributed by atoms with Crippen LogP contribution in [0.25, 0.3) is 0 Å². The van der Waals surface area contributed by atoms with Gasteiger partial charge >= 0.3 is 0 Å². The fourth-order valence-corrected chi connectivity index (χ4v) is 2.32. The lowest BCUT2D eigenvalue weighted by atomic mass is 9.70. The molecule has 0 aromatic heterocycles. The summed E-state index contributed by atoms with van der Waals surface area (Å²) in [4.78, 5) is 12.2. The lowest BCUT2D eigenvalue weighted by Crippen LogP contribution is -2.33. The summed E-state index contributed by atoms with van der Waals surface area (Å²) in [6.45, 7) is 11.1. The Morgan fingerprint density at radius 1 is 1.27 bits per heavy atom. The zero-order valence-corrected chi connectivity index (χ0v) is 11.0. The Balaban J connectivity index is 2.60. The quantitative estimate of drug-likeness (QED) is 0.683. The monoisotopic (exact) mass is 210 g/mol. The molecule has 1 saturated carbocycles. The summed E-state index contributed by atoms with van der Waals surface area (Å²) in [5.41, 5.74) is 0.272. The average molecular weight is 210 g/mol. The van der Waals surface area contributed by atoms with Gasteiger partial charge < -0.3 is 0 Å². The van der Waals surface area contributed by atoms with Gasteiger partial charge in [-0.2, -0.15) is 0 Å². The molecule has 0 aliphatic heterocycles. The van der Waals surface area contributed by atoms with Crippen molar-refractivity contribution in [1.82, 2.24) is 0 Å². The molecular weight excluding hydrogens is 184 g/mol. The van der Waals surface area contributed by atoms with Crippen LogP contribution in [0.15, 0.2) is 0 Å². The Kier molecular flexibility index (Phi) is 3.97. The van der Waals surface area contributed by atoms with E-state index in [1.54, 1.807) is 0 Å². The molecule has 1 unspecified atom stereocenters. The highest BCUT2D eigenvalue weighted by Gasteiger charge is 2.34. The molecule has 0 bridgehead atoms. The first kappa shape index (κ1) is 12.7. The molecule has 88 valence electrons. The Bertz CT molecular complexity index is 218. The first-order valence-electron chi connectivity index (χ1n) is 6.35. The maximum atomic E-state index is 12.2. The fourth-order valence-electron chi connectivity index (χ4n) is 2.32. The minimum absolute atomic E-state index is 0.272. The Hall–Kier alpha value is -0.330. The molecule has 0 heterocycles. The summed E-state index contributed by atoms with van der Waals surface area (Å²) in [5.74, 6) is 1.73. The summed E-state index contributed by atoms with van der Waals surface area (Å²) >= 11 is 0. The van der Waals surface area contributed by atoms with Crippen molar-refractivity contribution in [3.8, 4) is 0 Å². The predicted molar refractivity (Wildman–Crippen MR) is 64.7 cm³/mol. The lowest BCUT2D eigenvalue weighted by molar-refractivity contribution is -0.131. The van der Waals surface area contributed by atoms with Gasteiger partial charge in [0.05, 0.1) is 0 Å². The number of rotatable bonds is 4. The molecule has 1 fully saturated rings. The predicted octanol–water partition coefficient (Wildman–Crippen LogP) is 4.06. The van der Waals surface area contributed by atoms with Crippen molar-refractivity contribution in [2.75, 3.05) is 0 Å². The van der Waals surface area contributed by atoms with Crippen LogP contribution in [0, 0.1) is 23.2 Å². The van der Waals surface area contributed by atoms with Crippen molar-refractivity contribution in [3.63, 3.8) is 0 Å². The minimum Gasteiger partial charge on any atom is -0.299 e. The van der Waals surface area contributed by atoms with Gasteiger partial charge in [0.25, 0.3) is 0 Å². The summed E-state index contributed by atoms with van der Waals surface area (Å²) < 4.78 is 0. The molecule has 0 aromatic rings. The van der Waals surface area contributed by atoms with Crippen LogP contribution in [0.4, 0.5) is 0 Å². The maximum absolute atomic E-state index is 12.2. The summed E-state index contributed by atoms with van der Waals surface area (Å²) in [6, 6.07) is 0. The van der Waals surface area contributed by atoms with Gasteiger partial charge in [-0.3, -0.25) is 4.79 Å². The molecular formula is C14H26O. The van der Waals surface area contributed by atoms with E-state index >= 15 is 0 Å². The van der Waals surface area contributed by atoms with Crippen LogP contribution in [-0.4, -0.2) is 5.78 Å². The van der Waals surface area contributed by atoms with Crippen LogP contribution in [0.3, 0.4) is 0 Å². The van der Waals surface area contributed by atoms with Crippen molar-refractivity contribution in [1.29, 1.82) is 0 Å². The van der Waals surface area contributed by atoms with E-state index in [0.29, 0.717) is 17.6 Å². The molecule has 1 aliphatic carbocycles. The third kappa shape index (κ3) is 3.62.